The molecule has 0 aliphatic heterocycles. The van der Waals surface area contributed by atoms with Crippen LogP contribution < -0.4 is 11.0 Å². The number of imidazole rings is 1. The number of aromatic nitrogens is 2. The number of hydrogen-bond donors (Lipinski definition) is 3. The quantitative estimate of drug-likeness (QED) is 0.774. The van der Waals surface area contributed by atoms with E-state index in [0.29, 0.717) is 17.8 Å². The lowest BCUT2D eigenvalue weighted by atomic mass is 10.2. The Hall–Kier alpha value is -2.83. The number of benzene rings is 1. The van der Waals surface area contributed by atoms with Gasteiger partial charge in [0, 0.05) is 18.1 Å². The van der Waals surface area contributed by atoms with E-state index in [9.17, 15) is 14.4 Å². The molecule has 0 spiro atoms. The number of H-pyrrole nitrogens is 1. The minimum Gasteiger partial charge on any atom is -0.481 e. The number of aliphatic carboxylic acids is 1. The first kappa shape index (κ1) is 13.2. The second-order valence-electron chi connectivity index (χ2n) is 4.96. The molecule has 2 unspecified atom stereocenters. The summed E-state index contributed by atoms with van der Waals surface area (Å²) in [7, 11) is 0. The van der Waals surface area contributed by atoms with Crippen LogP contribution in [0.15, 0.2) is 41.5 Å². The van der Waals surface area contributed by atoms with Crippen molar-refractivity contribution in [2.45, 2.75) is 6.42 Å². The fourth-order valence-electron chi connectivity index (χ4n) is 2.22. The molecule has 0 saturated heterocycles. The molecule has 0 bridgehead atoms. The number of nitrogens with zero attached hydrogens (tertiary/aromatic N) is 1. The number of aromatic amines is 1. The van der Waals surface area contributed by atoms with E-state index >= 15 is 0 Å². The van der Waals surface area contributed by atoms with Crippen LogP contribution in [0.25, 0.3) is 5.69 Å². The van der Waals surface area contributed by atoms with Gasteiger partial charge in [-0.2, -0.15) is 0 Å². The first-order valence-corrected chi connectivity index (χ1v) is 6.46. The lowest BCUT2D eigenvalue weighted by Crippen LogP contribution is -2.17. The molecular formula is C14H13N3O4. The molecule has 1 aliphatic rings. The molecule has 1 saturated carbocycles. The normalized spacial score (nSPS) is 20.0. The zero-order valence-electron chi connectivity index (χ0n) is 10.9. The van der Waals surface area contributed by atoms with Gasteiger partial charge in [-0.1, -0.05) is 0 Å². The largest absolute Gasteiger partial charge is 0.481 e. The summed E-state index contributed by atoms with van der Waals surface area (Å²) in [6.07, 6.45) is 3.53. The molecule has 2 aromatic rings. The SMILES string of the molecule is O=C(O)C1CC1C(=O)Nc1ccc(-n2cc[nH]c2=O)cc1. The van der Waals surface area contributed by atoms with Crippen molar-refractivity contribution in [2.75, 3.05) is 5.32 Å². The number of anilines is 1. The second kappa shape index (κ2) is 4.93. The summed E-state index contributed by atoms with van der Waals surface area (Å²) in [4.78, 5) is 36.5. The number of carbonyl (C=O) groups is 2. The average molecular weight is 287 g/mol. The van der Waals surface area contributed by atoms with Crippen molar-refractivity contribution >= 4 is 17.6 Å². The standard InChI is InChI=1S/C14H13N3O4/c18-12(10-7-11(10)13(19)20)16-8-1-3-9(4-2-8)17-6-5-15-14(17)21/h1-6,10-11H,7H2,(H,15,21)(H,16,18)(H,19,20). The van der Waals surface area contributed by atoms with Crippen molar-refractivity contribution in [3.05, 3.63) is 47.1 Å². The third-order valence-corrected chi connectivity index (χ3v) is 3.51. The molecule has 1 heterocycles. The van der Waals surface area contributed by atoms with Gasteiger partial charge in [-0.3, -0.25) is 14.2 Å². The number of carboxylic acids is 1. The van der Waals surface area contributed by atoms with Gasteiger partial charge in [0.1, 0.15) is 0 Å². The third kappa shape index (κ3) is 2.58. The Morgan fingerprint density at radius 1 is 1.24 bits per heavy atom. The zero-order chi connectivity index (χ0) is 15.0. The topological polar surface area (TPSA) is 104 Å². The summed E-state index contributed by atoms with van der Waals surface area (Å²) in [6.45, 7) is 0. The lowest BCUT2D eigenvalue weighted by Gasteiger charge is -2.06. The molecule has 1 aromatic carbocycles. The van der Waals surface area contributed by atoms with Crippen LogP contribution in [0, 0.1) is 11.8 Å². The van der Waals surface area contributed by atoms with Gasteiger partial charge < -0.3 is 15.4 Å². The average Bonchev–Trinajstić information content (AvgIpc) is 3.16. The highest BCUT2D eigenvalue weighted by Gasteiger charge is 2.48. The molecule has 1 aliphatic carbocycles. The fraction of sp³-hybridized carbons (Fsp3) is 0.214. The Labute approximate surface area is 119 Å². The summed E-state index contributed by atoms with van der Waals surface area (Å²) >= 11 is 0. The predicted octanol–water partition coefficient (Wildman–Crippen LogP) is 0.825. The molecule has 3 rings (SSSR count). The lowest BCUT2D eigenvalue weighted by molar-refractivity contribution is -0.139. The summed E-state index contributed by atoms with van der Waals surface area (Å²) in [5, 5.41) is 11.5. The predicted molar refractivity (Wildman–Crippen MR) is 74.3 cm³/mol. The first-order chi connectivity index (χ1) is 10.1. The molecule has 1 fully saturated rings. The minimum atomic E-state index is -0.933. The molecule has 1 aromatic heterocycles. The van der Waals surface area contributed by atoms with Crippen molar-refractivity contribution in [2.24, 2.45) is 11.8 Å². The van der Waals surface area contributed by atoms with Crippen molar-refractivity contribution in [1.82, 2.24) is 9.55 Å². The van der Waals surface area contributed by atoms with Crippen molar-refractivity contribution in [3.8, 4) is 5.69 Å². The van der Waals surface area contributed by atoms with Crippen LogP contribution in [0.1, 0.15) is 6.42 Å². The monoisotopic (exact) mass is 287 g/mol. The van der Waals surface area contributed by atoms with E-state index in [1.165, 1.54) is 10.8 Å². The van der Waals surface area contributed by atoms with E-state index in [-0.39, 0.29) is 11.6 Å². The molecule has 0 radical (unpaired) electrons. The van der Waals surface area contributed by atoms with Gasteiger partial charge in [-0.15, -0.1) is 0 Å². The summed E-state index contributed by atoms with van der Waals surface area (Å²) in [6, 6.07) is 6.74. The summed E-state index contributed by atoms with van der Waals surface area (Å²) in [5.74, 6) is -2.23. The van der Waals surface area contributed by atoms with E-state index in [4.69, 9.17) is 5.11 Å². The second-order valence-corrected chi connectivity index (χ2v) is 4.96. The maximum atomic E-state index is 11.8. The van der Waals surface area contributed by atoms with E-state index in [1.807, 2.05) is 0 Å². The Morgan fingerprint density at radius 2 is 1.95 bits per heavy atom. The molecule has 21 heavy (non-hydrogen) atoms. The highest BCUT2D eigenvalue weighted by molar-refractivity contribution is 5.98. The van der Waals surface area contributed by atoms with Crippen LogP contribution in [0.4, 0.5) is 5.69 Å². The van der Waals surface area contributed by atoms with Crippen LogP contribution in [-0.2, 0) is 9.59 Å². The van der Waals surface area contributed by atoms with Gasteiger partial charge in [0.15, 0.2) is 0 Å². The van der Waals surface area contributed by atoms with E-state index in [0.717, 1.165) is 0 Å². The van der Waals surface area contributed by atoms with Crippen LogP contribution >= 0.6 is 0 Å². The number of nitrogens with one attached hydrogen (secondary N) is 2. The maximum absolute atomic E-state index is 11.8. The van der Waals surface area contributed by atoms with Gasteiger partial charge >= 0.3 is 11.7 Å². The maximum Gasteiger partial charge on any atom is 0.330 e. The third-order valence-electron chi connectivity index (χ3n) is 3.51. The first-order valence-electron chi connectivity index (χ1n) is 6.46. The Balaban J connectivity index is 1.68. The van der Waals surface area contributed by atoms with Gasteiger partial charge in [-0.05, 0) is 30.7 Å². The van der Waals surface area contributed by atoms with Gasteiger partial charge in [0.05, 0.1) is 17.5 Å². The van der Waals surface area contributed by atoms with Crippen LogP contribution in [0.3, 0.4) is 0 Å². The fourth-order valence-corrected chi connectivity index (χ4v) is 2.22. The molecular weight excluding hydrogens is 274 g/mol. The van der Waals surface area contributed by atoms with Gasteiger partial charge in [0.25, 0.3) is 0 Å². The molecule has 1 amide bonds. The zero-order valence-corrected chi connectivity index (χ0v) is 10.9. The van der Waals surface area contributed by atoms with E-state index in [2.05, 4.69) is 10.3 Å². The Morgan fingerprint density at radius 3 is 2.48 bits per heavy atom. The van der Waals surface area contributed by atoms with Crippen LogP contribution in [-0.4, -0.2) is 26.5 Å². The number of hydrogen-bond acceptors (Lipinski definition) is 3. The van der Waals surface area contributed by atoms with Crippen molar-refractivity contribution in [1.29, 1.82) is 0 Å². The Bertz CT molecular complexity index is 744. The van der Waals surface area contributed by atoms with Gasteiger partial charge in [0.2, 0.25) is 5.91 Å². The van der Waals surface area contributed by atoms with Crippen LogP contribution in [0.5, 0.6) is 0 Å². The highest BCUT2D eigenvalue weighted by atomic mass is 16.4. The van der Waals surface area contributed by atoms with Gasteiger partial charge in [-0.25, -0.2) is 4.79 Å². The molecule has 7 heteroatoms. The molecule has 108 valence electrons. The van der Waals surface area contributed by atoms with Crippen molar-refractivity contribution < 1.29 is 14.7 Å². The van der Waals surface area contributed by atoms with E-state index < -0.39 is 17.8 Å². The number of rotatable bonds is 4. The summed E-state index contributed by atoms with van der Waals surface area (Å²) in [5.41, 5.74) is 1.01. The van der Waals surface area contributed by atoms with Crippen LogP contribution in [0.2, 0.25) is 0 Å². The number of carboxylic acid groups (broad SMARTS) is 1. The highest BCUT2D eigenvalue weighted by Crippen LogP contribution is 2.39. The smallest absolute Gasteiger partial charge is 0.330 e. The summed E-state index contributed by atoms with van der Waals surface area (Å²) < 4.78 is 1.44. The molecule has 2 atom stereocenters. The van der Waals surface area contributed by atoms with E-state index in [1.54, 1.807) is 30.5 Å². The minimum absolute atomic E-state index is 0.242. The number of amides is 1. The number of carbonyl (C=O) groups excluding carboxylic acids is 1. The molecule has 7 nitrogen and oxygen atoms in total. The molecule has 3 N–H and O–H groups in total. The Kier molecular flexibility index (Phi) is 3.09. The van der Waals surface area contributed by atoms with Crippen molar-refractivity contribution in [3.63, 3.8) is 0 Å².